The van der Waals surface area contributed by atoms with Gasteiger partial charge in [0.25, 0.3) is 0 Å². The van der Waals surface area contributed by atoms with Gasteiger partial charge < -0.3 is 4.40 Å². The molecule has 0 amide bonds. The van der Waals surface area contributed by atoms with E-state index in [0.717, 1.165) is 40.9 Å². The highest BCUT2D eigenvalue weighted by Crippen LogP contribution is 2.36. The Hall–Kier alpha value is -2.89. The maximum Gasteiger partial charge on any atom is 0.329 e. The number of imidazole rings is 2. The van der Waals surface area contributed by atoms with Gasteiger partial charge in [0, 0.05) is 24.1 Å². The maximum absolute atomic E-state index is 13.0. The highest BCUT2D eigenvalue weighted by Gasteiger charge is 2.29. The van der Waals surface area contributed by atoms with Crippen LogP contribution in [0.25, 0.3) is 16.7 Å². The molecule has 6 nitrogen and oxygen atoms in total. The Bertz CT molecular complexity index is 1130. The van der Waals surface area contributed by atoms with Gasteiger partial charge in [-0.2, -0.15) is 0 Å². The fraction of sp³-hybridized carbons (Fsp3) is 0.350. The van der Waals surface area contributed by atoms with Crippen molar-refractivity contribution in [2.45, 2.75) is 46.2 Å². The Kier molecular flexibility index (Phi) is 4.11. The van der Waals surface area contributed by atoms with Gasteiger partial charge in [-0.3, -0.25) is 14.1 Å². The van der Waals surface area contributed by atoms with Gasteiger partial charge in [-0.15, -0.1) is 0 Å². The van der Waals surface area contributed by atoms with E-state index in [4.69, 9.17) is 4.98 Å². The Balaban J connectivity index is 0.000000814. The SMILES string of the molecule is CC.Cc1c(Cn2c(=O)n(C3CC3)c3ccncc32)nc2ccccn12. The van der Waals surface area contributed by atoms with Gasteiger partial charge in [-0.05, 0) is 38.0 Å². The third kappa shape index (κ3) is 2.53. The maximum atomic E-state index is 13.0. The molecule has 0 spiro atoms. The number of nitrogens with zero attached hydrogens (tertiary/aromatic N) is 5. The summed E-state index contributed by atoms with van der Waals surface area (Å²) in [7, 11) is 0. The summed E-state index contributed by atoms with van der Waals surface area (Å²) in [6.45, 7) is 6.51. The normalized spacial score (nSPS) is 13.8. The molecule has 0 saturated heterocycles. The Labute approximate surface area is 151 Å². The molecule has 5 rings (SSSR count). The molecule has 6 heteroatoms. The highest BCUT2D eigenvalue weighted by atomic mass is 16.1. The third-order valence-corrected chi connectivity index (χ3v) is 4.85. The Morgan fingerprint density at radius 3 is 2.69 bits per heavy atom. The van der Waals surface area contributed by atoms with Crippen molar-refractivity contribution in [3.05, 3.63) is 64.7 Å². The molecular weight excluding hydrogens is 326 g/mol. The summed E-state index contributed by atoms with van der Waals surface area (Å²) >= 11 is 0. The quantitative estimate of drug-likeness (QED) is 0.568. The Morgan fingerprint density at radius 1 is 1.15 bits per heavy atom. The average molecular weight is 349 g/mol. The van der Waals surface area contributed by atoms with E-state index in [1.807, 2.05) is 55.8 Å². The standard InChI is InChI=1S/C18H17N5O.C2H6/c1-12-14(20-17-4-2-3-9-21(12)17)11-22-16-10-19-8-7-15(16)23(18(22)24)13-5-6-13;1-2/h2-4,7-10,13H,5-6,11H2,1H3;1-2H3. The number of fused-ring (bicyclic) bond motifs is 2. The van der Waals surface area contributed by atoms with Crippen LogP contribution in [0.2, 0.25) is 0 Å². The van der Waals surface area contributed by atoms with Gasteiger partial charge in [0.05, 0.1) is 29.5 Å². The first-order chi connectivity index (χ1) is 12.7. The van der Waals surface area contributed by atoms with Gasteiger partial charge >= 0.3 is 5.69 Å². The van der Waals surface area contributed by atoms with Crippen molar-refractivity contribution in [3.8, 4) is 0 Å². The van der Waals surface area contributed by atoms with Crippen LogP contribution in [0.15, 0.2) is 47.7 Å². The van der Waals surface area contributed by atoms with Crippen LogP contribution >= 0.6 is 0 Å². The second-order valence-electron chi connectivity index (χ2n) is 6.41. The predicted octanol–water partition coefficient (Wildman–Crippen LogP) is 3.56. The van der Waals surface area contributed by atoms with E-state index < -0.39 is 0 Å². The topological polar surface area (TPSA) is 57.1 Å². The summed E-state index contributed by atoms with van der Waals surface area (Å²) in [6.07, 6.45) is 7.68. The molecule has 0 radical (unpaired) electrons. The zero-order valence-corrected chi connectivity index (χ0v) is 15.4. The lowest BCUT2D eigenvalue weighted by Gasteiger charge is -2.02. The van der Waals surface area contributed by atoms with E-state index in [0.29, 0.717) is 12.6 Å². The molecule has 134 valence electrons. The number of hydrogen-bond acceptors (Lipinski definition) is 3. The van der Waals surface area contributed by atoms with E-state index in [1.165, 1.54) is 0 Å². The van der Waals surface area contributed by atoms with Gasteiger partial charge in [-0.25, -0.2) is 9.78 Å². The largest absolute Gasteiger partial charge is 0.329 e. The summed E-state index contributed by atoms with van der Waals surface area (Å²) in [4.78, 5) is 21.9. The predicted molar refractivity (Wildman–Crippen MR) is 103 cm³/mol. The van der Waals surface area contributed by atoms with Crippen LogP contribution in [-0.4, -0.2) is 23.5 Å². The van der Waals surface area contributed by atoms with E-state index in [-0.39, 0.29) is 5.69 Å². The number of rotatable bonds is 3. The van der Waals surface area contributed by atoms with Crippen LogP contribution in [0.1, 0.15) is 44.1 Å². The van der Waals surface area contributed by atoms with E-state index >= 15 is 0 Å². The minimum Gasteiger partial charge on any atom is -0.304 e. The molecule has 1 aliphatic rings. The fourth-order valence-corrected chi connectivity index (χ4v) is 3.43. The molecule has 0 unspecified atom stereocenters. The minimum atomic E-state index is 0.0388. The zero-order chi connectivity index (χ0) is 18.3. The first kappa shape index (κ1) is 16.6. The molecule has 4 aromatic rings. The summed E-state index contributed by atoms with van der Waals surface area (Å²) in [5, 5.41) is 0. The zero-order valence-electron chi connectivity index (χ0n) is 15.4. The molecule has 0 aromatic carbocycles. The molecule has 0 bridgehead atoms. The molecule has 1 saturated carbocycles. The molecule has 4 heterocycles. The lowest BCUT2D eigenvalue weighted by molar-refractivity contribution is 0.666. The first-order valence-electron chi connectivity index (χ1n) is 9.21. The lowest BCUT2D eigenvalue weighted by atomic mass is 10.3. The van der Waals surface area contributed by atoms with Crippen LogP contribution in [0.4, 0.5) is 0 Å². The van der Waals surface area contributed by atoms with Crippen LogP contribution in [-0.2, 0) is 6.54 Å². The van der Waals surface area contributed by atoms with Crippen LogP contribution in [0, 0.1) is 6.92 Å². The molecule has 0 N–H and O–H groups in total. The van der Waals surface area contributed by atoms with Crippen LogP contribution in [0.5, 0.6) is 0 Å². The molecule has 1 aliphatic carbocycles. The monoisotopic (exact) mass is 349 g/mol. The third-order valence-electron chi connectivity index (χ3n) is 4.85. The van der Waals surface area contributed by atoms with Crippen molar-refractivity contribution in [1.29, 1.82) is 0 Å². The molecule has 0 aliphatic heterocycles. The fourth-order valence-electron chi connectivity index (χ4n) is 3.43. The van der Waals surface area contributed by atoms with Crippen LogP contribution in [0.3, 0.4) is 0 Å². The van der Waals surface area contributed by atoms with Gasteiger partial charge in [-0.1, -0.05) is 19.9 Å². The van der Waals surface area contributed by atoms with Gasteiger partial charge in [0.1, 0.15) is 5.65 Å². The summed E-state index contributed by atoms with van der Waals surface area (Å²) < 4.78 is 5.77. The summed E-state index contributed by atoms with van der Waals surface area (Å²) in [5.41, 5.74) is 4.78. The van der Waals surface area contributed by atoms with Gasteiger partial charge in [0.15, 0.2) is 0 Å². The van der Waals surface area contributed by atoms with Crippen molar-refractivity contribution in [1.82, 2.24) is 23.5 Å². The molecule has 26 heavy (non-hydrogen) atoms. The van der Waals surface area contributed by atoms with E-state index in [9.17, 15) is 4.79 Å². The second kappa shape index (κ2) is 6.44. The Morgan fingerprint density at radius 2 is 1.96 bits per heavy atom. The highest BCUT2D eigenvalue weighted by molar-refractivity contribution is 5.75. The molecule has 0 atom stereocenters. The van der Waals surface area contributed by atoms with E-state index in [2.05, 4.69) is 9.38 Å². The summed E-state index contributed by atoms with van der Waals surface area (Å²) in [5.74, 6) is 0. The average Bonchev–Trinajstić information content (AvgIpc) is 3.41. The number of hydrogen-bond donors (Lipinski definition) is 0. The van der Waals surface area contributed by atoms with Gasteiger partial charge in [0.2, 0.25) is 0 Å². The molecule has 4 aromatic heterocycles. The van der Waals surface area contributed by atoms with Crippen LogP contribution < -0.4 is 5.69 Å². The van der Waals surface area contributed by atoms with E-state index in [1.54, 1.807) is 17.0 Å². The van der Waals surface area contributed by atoms with Crippen molar-refractivity contribution in [2.75, 3.05) is 0 Å². The smallest absolute Gasteiger partial charge is 0.304 e. The lowest BCUT2D eigenvalue weighted by Crippen LogP contribution is -2.24. The van der Waals surface area contributed by atoms with Crippen molar-refractivity contribution in [3.63, 3.8) is 0 Å². The molecular formula is C20H23N5O. The number of pyridine rings is 2. The number of aryl methyl sites for hydroxylation is 1. The molecule has 1 fully saturated rings. The number of aromatic nitrogens is 5. The first-order valence-corrected chi connectivity index (χ1v) is 9.21. The minimum absolute atomic E-state index is 0.0388. The van der Waals surface area contributed by atoms with Crippen molar-refractivity contribution < 1.29 is 0 Å². The second-order valence-corrected chi connectivity index (χ2v) is 6.41. The van der Waals surface area contributed by atoms with Crippen molar-refractivity contribution in [2.24, 2.45) is 0 Å². The van der Waals surface area contributed by atoms with Crippen molar-refractivity contribution >= 4 is 16.7 Å². The summed E-state index contributed by atoms with van der Waals surface area (Å²) in [6, 6.07) is 8.21.